The number of benzene rings is 3. The van der Waals surface area contributed by atoms with Gasteiger partial charge in [0.25, 0.3) is 0 Å². The summed E-state index contributed by atoms with van der Waals surface area (Å²) in [5.74, 6) is -0.732. The second kappa shape index (κ2) is 9.09. The van der Waals surface area contributed by atoms with E-state index in [-0.39, 0.29) is 0 Å². The molecular weight excluding hydrogens is 380 g/mol. The number of carboxylic acid groups (broad SMARTS) is 1. The van der Waals surface area contributed by atoms with Crippen LogP contribution in [0.2, 0.25) is 0 Å². The second-order valence-electron chi connectivity index (χ2n) is 9.60. The smallest absolute Gasteiger partial charge is 0.310 e. The normalized spacial score (nSPS) is 11.5. The molecular formula is C29H34O2. The largest absolute Gasteiger partial charge is 0.481 e. The second-order valence-corrected chi connectivity index (χ2v) is 9.60. The molecule has 0 aliphatic rings. The molecule has 0 unspecified atom stereocenters. The van der Waals surface area contributed by atoms with Crippen LogP contribution in [0.3, 0.4) is 0 Å². The van der Waals surface area contributed by atoms with Crippen LogP contribution in [0.15, 0.2) is 54.6 Å². The molecule has 0 heterocycles. The monoisotopic (exact) mass is 414 g/mol. The Labute approximate surface area is 187 Å². The molecule has 3 aromatic carbocycles. The van der Waals surface area contributed by atoms with E-state index in [9.17, 15) is 9.90 Å². The van der Waals surface area contributed by atoms with E-state index < -0.39 is 11.4 Å². The van der Waals surface area contributed by atoms with Crippen molar-refractivity contribution in [2.24, 2.45) is 5.41 Å². The topological polar surface area (TPSA) is 37.3 Å². The highest BCUT2D eigenvalue weighted by molar-refractivity contribution is 5.76. The summed E-state index contributed by atoms with van der Waals surface area (Å²) in [5, 5.41) is 10.6. The SMILES string of the molecule is Cc1cc(C)cc(CC(Cc2cc(C)cc(C)c2)(Cc2cc(C)cc(C)c2)C(=O)O)c1. The van der Waals surface area contributed by atoms with Crippen LogP contribution < -0.4 is 0 Å². The lowest BCUT2D eigenvalue weighted by Crippen LogP contribution is -2.38. The summed E-state index contributed by atoms with van der Waals surface area (Å²) in [6.45, 7) is 12.5. The molecule has 0 spiro atoms. The Hall–Kier alpha value is -2.87. The van der Waals surface area contributed by atoms with Crippen molar-refractivity contribution in [3.63, 3.8) is 0 Å². The Morgan fingerprint density at radius 2 is 0.774 bits per heavy atom. The van der Waals surface area contributed by atoms with Crippen LogP contribution in [0, 0.1) is 47.0 Å². The summed E-state index contributed by atoms with van der Waals surface area (Å²) in [6, 6.07) is 19.2. The van der Waals surface area contributed by atoms with Crippen molar-refractivity contribution in [3.05, 3.63) is 105 Å². The van der Waals surface area contributed by atoms with Gasteiger partial charge in [-0.05, 0) is 77.5 Å². The predicted octanol–water partition coefficient (Wildman–Crippen LogP) is 6.64. The molecule has 0 aliphatic heterocycles. The fraction of sp³-hybridized carbons (Fsp3) is 0.345. The summed E-state index contributed by atoms with van der Waals surface area (Å²) < 4.78 is 0. The number of carboxylic acids is 1. The van der Waals surface area contributed by atoms with Crippen LogP contribution in [-0.4, -0.2) is 11.1 Å². The zero-order chi connectivity index (χ0) is 22.8. The predicted molar refractivity (Wildman–Crippen MR) is 129 cm³/mol. The minimum Gasteiger partial charge on any atom is -0.481 e. The molecule has 0 aliphatic carbocycles. The van der Waals surface area contributed by atoms with E-state index in [4.69, 9.17) is 0 Å². The molecule has 0 saturated heterocycles. The Morgan fingerprint density at radius 3 is 0.968 bits per heavy atom. The molecule has 2 heteroatoms. The van der Waals surface area contributed by atoms with Gasteiger partial charge >= 0.3 is 5.97 Å². The van der Waals surface area contributed by atoms with Gasteiger partial charge in [-0.1, -0.05) is 88.0 Å². The standard InChI is InChI=1S/C29H34O2/c1-19-7-20(2)11-25(10-19)16-29(28(30)31,17-26-12-21(3)8-22(4)13-26)18-27-14-23(5)9-24(6)15-27/h7-15H,16-18H2,1-6H3,(H,30,31). The van der Waals surface area contributed by atoms with Gasteiger partial charge in [0.15, 0.2) is 0 Å². The molecule has 0 radical (unpaired) electrons. The maximum Gasteiger partial charge on any atom is 0.310 e. The Morgan fingerprint density at radius 1 is 0.548 bits per heavy atom. The van der Waals surface area contributed by atoms with Gasteiger partial charge in [0, 0.05) is 0 Å². The van der Waals surface area contributed by atoms with Gasteiger partial charge in [-0.25, -0.2) is 0 Å². The number of aliphatic carboxylic acids is 1. The molecule has 31 heavy (non-hydrogen) atoms. The average molecular weight is 415 g/mol. The third-order valence-corrected chi connectivity index (χ3v) is 5.93. The Bertz CT molecular complexity index is 917. The summed E-state index contributed by atoms with van der Waals surface area (Å²) in [6.07, 6.45) is 1.51. The van der Waals surface area contributed by atoms with Gasteiger partial charge in [0.2, 0.25) is 0 Å². The quantitative estimate of drug-likeness (QED) is 0.471. The van der Waals surface area contributed by atoms with Crippen LogP contribution in [-0.2, 0) is 24.1 Å². The molecule has 2 nitrogen and oxygen atoms in total. The first-order valence-corrected chi connectivity index (χ1v) is 11.0. The number of carbonyl (C=O) groups is 1. The summed E-state index contributed by atoms with van der Waals surface area (Å²) in [5.41, 5.74) is 9.40. The third kappa shape index (κ3) is 5.85. The van der Waals surface area contributed by atoms with Crippen molar-refractivity contribution in [3.8, 4) is 0 Å². The van der Waals surface area contributed by atoms with Crippen LogP contribution in [0.4, 0.5) is 0 Å². The molecule has 3 aromatic rings. The van der Waals surface area contributed by atoms with E-state index in [1.54, 1.807) is 0 Å². The van der Waals surface area contributed by atoms with Gasteiger partial charge in [0.05, 0.1) is 5.41 Å². The first kappa shape index (κ1) is 22.8. The molecule has 0 amide bonds. The molecule has 0 aromatic heterocycles. The zero-order valence-electron chi connectivity index (χ0n) is 19.7. The lowest BCUT2D eigenvalue weighted by atomic mass is 9.71. The molecule has 3 rings (SSSR count). The van der Waals surface area contributed by atoms with Crippen molar-refractivity contribution in [1.29, 1.82) is 0 Å². The van der Waals surface area contributed by atoms with Crippen molar-refractivity contribution in [2.45, 2.75) is 60.8 Å². The highest BCUT2D eigenvalue weighted by atomic mass is 16.4. The third-order valence-electron chi connectivity index (χ3n) is 5.93. The van der Waals surface area contributed by atoms with Gasteiger partial charge in [-0.3, -0.25) is 4.79 Å². The van der Waals surface area contributed by atoms with Gasteiger partial charge in [0.1, 0.15) is 0 Å². The molecule has 0 fully saturated rings. The molecule has 0 saturated carbocycles. The molecule has 162 valence electrons. The average Bonchev–Trinajstić information content (AvgIpc) is 2.58. The fourth-order valence-corrected chi connectivity index (χ4v) is 5.10. The summed E-state index contributed by atoms with van der Waals surface area (Å²) >= 11 is 0. The molecule has 1 N–H and O–H groups in total. The van der Waals surface area contributed by atoms with Crippen LogP contribution in [0.25, 0.3) is 0 Å². The number of hydrogen-bond acceptors (Lipinski definition) is 1. The van der Waals surface area contributed by atoms with Crippen molar-refractivity contribution in [2.75, 3.05) is 0 Å². The van der Waals surface area contributed by atoms with E-state index in [0.717, 1.165) is 16.7 Å². The van der Waals surface area contributed by atoms with Crippen LogP contribution in [0.5, 0.6) is 0 Å². The van der Waals surface area contributed by atoms with E-state index in [0.29, 0.717) is 19.3 Å². The lowest BCUT2D eigenvalue weighted by molar-refractivity contribution is -0.149. The van der Waals surface area contributed by atoms with Crippen molar-refractivity contribution in [1.82, 2.24) is 0 Å². The Kier molecular flexibility index (Phi) is 6.69. The minimum atomic E-state index is -0.916. The van der Waals surface area contributed by atoms with Gasteiger partial charge in [-0.15, -0.1) is 0 Å². The van der Waals surface area contributed by atoms with Crippen LogP contribution >= 0.6 is 0 Å². The van der Waals surface area contributed by atoms with E-state index in [1.807, 2.05) is 0 Å². The van der Waals surface area contributed by atoms with E-state index in [1.165, 1.54) is 33.4 Å². The van der Waals surface area contributed by atoms with Gasteiger partial charge in [-0.2, -0.15) is 0 Å². The maximum atomic E-state index is 12.9. The van der Waals surface area contributed by atoms with E-state index in [2.05, 4.69) is 96.1 Å². The molecule has 0 atom stereocenters. The van der Waals surface area contributed by atoms with Gasteiger partial charge < -0.3 is 5.11 Å². The van der Waals surface area contributed by atoms with E-state index >= 15 is 0 Å². The minimum absolute atomic E-state index is 0.505. The number of rotatable bonds is 7. The van der Waals surface area contributed by atoms with Crippen molar-refractivity contribution < 1.29 is 9.90 Å². The fourth-order valence-electron chi connectivity index (χ4n) is 5.10. The lowest BCUT2D eigenvalue weighted by Gasteiger charge is -2.31. The maximum absolute atomic E-state index is 12.9. The molecule has 0 bridgehead atoms. The highest BCUT2D eigenvalue weighted by Gasteiger charge is 2.39. The first-order valence-electron chi connectivity index (χ1n) is 11.0. The number of aryl methyl sites for hydroxylation is 6. The van der Waals surface area contributed by atoms with Crippen molar-refractivity contribution >= 4 is 5.97 Å². The zero-order valence-corrected chi connectivity index (χ0v) is 19.7. The summed E-state index contributed by atoms with van der Waals surface area (Å²) in [7, 11) is 0. The van der Waals surface area contributed by atoms with Crippen LogP contribution in [0.1, 0.15) is 50.1 Å². The Balaban J connectivity index is 2.11. The highest BCUT2D eigenvalue weighted by Crippen LogP contribution is 2.34. The summed E-state index contributed by atoms with van der Waals surface area (Å²) in [4.78, 5) is 12.9. The number of hydrogen-bond donors (Lipinski definition) is 1. The first-order chi connectivity index (χ1) is 14.5.